The first kappa shape index (κ1) is 12.7. The number of hydrogen-bond acceptors (Lipinski definition) is 5. The fourth-order valence-electron chi connectivity index (χ4n) is 1.47. The van der Waals surface area contributed by atoms with Crippen LogP contribution in [-0.2, 0) is 0 Å². The first-order chi connectivity index (χ1) is 9.20. The average Bonchev–Trinajstić information content (AvgIpc) is 2.46. The van der Waals surface area contributed by atoms with Gasteiger partial charge in [-0.3, -0.25) is 10.1 Å². The minimum atomic E-state index is -0.512. The number of nitro benzene ring substituents is 1. The van der Waals surface area contributed by atoms with Crippen molar-refractivity contribution in [3.63, 3.8) is 0 Å². The summed E-state index contributed by atoms with van der Waals surface area (Å²) in [6.07, 6.45) is 0. The predicted octanol–water partition coefficient (Wildman–Crippen LogP) is 4.02. The van der Waals surface area contributed by atoms with Gasteiger partial charge in [0, 0.05) is 0 Å². The second-order valence-electron chi connectivity index (χ2n) is 3.65. The van der Waals surface area contributed by atoms with Crippen molar-refractivity contribution in [2.75, 3.05) is 7.11 Å². The van der Waals surface area contributed by atoms with E-state index in [2.05, 4.69) is 10.2 Å². The highest BCUT2D eigenvalue weighted by atomic mass is 16.6. The Bertz CT molecular complexity index is 612. The van der Waals surface area contributed by atoms with Gasteiger partial charge in [-0.2, -0.15) is 5.11 Å². The Morgan fingerprint density at radius 3 is 2.47 bits per heavy atom. The van der Waals surface area contributed by atoms with Crippen LogP contribution in [0, 0.1) is 10.1 Å². The fraction of sp³-hybridized carbons (Fsp3) is 0.0769. The summed E-state index contributed by atoms with van der Waals surface area (Å²) >= 11 is 0. The van der Waals surface area contributed by atoms with Crippen molar-refractivity contribution in [1.29, 1.82) is 0 Å². The number of nitro groups is 1. The molecule has 0 spiro atoms. The van der Waals surface area contributed by atoms with E-state index in [-0.39, 0.29) is 11.4 Å². The van der Waals surface area contributed by atoms with Gasteiger partial charge in [0.15, 0.2) is 5.69 Å². The molecule has 2 rings (SSSR count). The molecule has 0 fully saturated rings. The summed E-state index contributed by atoms with van der Waals surface area (Å²) in [5.41, 5.74) is 0.682. The second-order valence-corrected chi connectivity index (χ2v) is 3.65. The Kier molecular flexibility index (Phi) is 3.82. The lowest BCUT2D eigenvalue weighted by Crippen LogP contribution is -1.90. The van der Waals surface area contributed by atoms with E-state index in [1.54, 1.807) is 18.2 Å². The highest BCUT2D eigenvalue weighted by Gasteiger charge is 2.14. The van der Waals surface area contributed by atoms with Crippen LogP contribution in [0.5, 0.6) is 5.75 Å². The molecule has 0 N–H and O–H groups in total. The maximum absolute atomic E-state index is 10.9. The zero-order valence-corrected chi connectivity index (χ0v) is 10.2. The molecule has 6 heteroatoms. The van der Waals surface area contributed by atoms with E-state index in [9.17, 15) is 10.1 Å². The maximum Gasteiger partial charge on any atom is 0.300 e. The SMILES string of the molecule is COc1ccc(N=Nc2ccccc2)c([N+](=O)[O-])c1. The molecule has 0 saturated carbocycles. The van der Waals surface area contributed by atoms with Crippen molar-refractivity contribution in [3.05, 3.63) is 58.6 Å². The van der Waals surface area contributed by atoms with E-state index >= 15 is 0 Å². The first-order valence-electron chi connectivity index (χ1n) is 5.50. The zero-order chi connectivity index (χ0) is 13.7. The minimum Gasteiger partial charge on any atom is -0.496 e. The highest BCUT2D eigenvalue weighted by Crippen LogP contribution is 2.32. The van der Waals surface area contributed by atoms with E-state index in [1.165, 1.54) is 19.2 Å². The van der Waals surface area contributed by atoms with Crippen molar-refractivity contribution < 1.29 is 9.66 Å². The third-order valence-corrected chi connectivity index (χ3v) is 2.41. The molecule has 0 aliphatic rings. The van der Waals surface area contributed by atoms with E-state index < -0.39 is 4.92 Å². The van der Waals surface area contributed by atoms with Crippen LogP contribution >= 0.6 is 0 Å². The summed E-state index contributed by atoms with van der Waals surface area (Å²) in [5.74, 6) is 0.408. The number of methoxy groups -OCH3 is 1. The topological polar surface area (TPSA) is 77.1 Å². The van der Waals surface area contributed by atoms with E-state index in [0.717, 1.165) is 0 Å². The summed E-state index contributed by atoms with van der Waals surface area (Å²) in [4.78, 5) is 10.4. The third-order valence-electron chi connectivity index (χ3n) is 2.41. The monoisotopic (exact) mass is 257 g/mol. The molecular formula is C13H11N3O3. The molecule has 0 radical (unpaired) electrons. The van der Waals surface area contributed by atoms with Crippen molar-refractivity contribution in [1.82, 2.24) is 0 Å². The molecule has 0 unspecified atom stereocenters. The number of benzene rings is 2. The molecule has 19 heavy (non-hydrogen) atoms. The number of azo groups is 1. The van der Waals surface area contributed by atoms with Crippen LogP contribution in [0.4, 0.5) is 17.1 Å². The molecule has 0 amide bonds. The van der Waals surface area contributed by atoms with Gasteiger partial charge in [0.05, 0.1) is 23.8 Å². The van der Waals surface area contributed by atoms with Gasteiger partial charge in [0.2, 0.25) is 0 Å². The Morgan fingerprint density at radius 1 is 1.11 bits per heavy atom. The number of hydrogen-bond donors (Lipinski definition) is 0. The molecule has 2 aromatic carbocycles. The highest BCUT2D eigenvalue weighted by molar-refractivity contribution is 5.60. The standard InChI is InChI=1S/C13H11N3O3/c1-19-11-7-8-12(13(9-11)16(17)18)15-14-10-5-3-2-4-6-10/h2-9H,1H3. The summed E-state index contributed by atoms with van der Waals surface area (Å²) in [6, 6.07) is 13.4. The van der Waals surface area contributed by atoms with Crippen molar-refractivity contribution in [2.45, 2.75) is 0 Å². The molecule has 0 aliphatic carbocycles. The van der Waals surface area contributed by atoms with Gasteiger partial charge in [-0.25, -0.2) is 0 Å². The van der Waals surface area contributed by atoms with Crippen LogP contribution in [0.3, 0.4) is 0 Å². The summed E-state index contributed by atoms with van der Waals surface area (Å²) < 4.78 is 4.95. The Labute approximate surface area is 109 Å². The molecular weight excluding hydrogens is 246 g/mol. The summed E-state index contributed by atoms with van der Waals surface area (Å²) in [6.45, 7) is 0. The van der Waals surface area contributed by atoms with Crippen molar-refractivity contribution in [2.24, 2.45) is 10.2 Å². The second kappa shape index (κ2) is 5.72. The maximum atomic E-state index is 10.9. The predicted molar refractivity (Wildman–Crippen MR) is 70.3 cm³/mol. The van der Waals surface area contributed by atoms with E-state index in [0.29, 0.717) is 11.4 Å². The van der Waals surface area contributed by atoms with E-state index in [4.69, 9.17) is 4.74 Å². The average molecular weight is 257 g/mol. The van der Waals surface area contributed by atoms with Gasteiger partial charge in [0.1, 0.15) is 5.75 Å². The molecule has 0 heterocycles. The van der Waals surface area contributed by atoms with Gasteiger partial charge < -0.3 is 4.74 Å². The Balaban J connectivity index is 2.34. The fourth-order valence-corrected chi connectivity index (χ4v) is 1.47. The number of ether oxygens (including phenoxy) is 1. The van der Waals surface area contributed by atoms with Crippen LogP contribution < -0.4 is 4.74 Å². The molecule has 0 aromatic heterocycles. The lowest BCUT2D eigenvalue weighted by molar-refractivity contribution is -0.384. The molecule has 6 nitrogen and oxygen atoms in total. The third kappa shape index (κ3) is 3.12. The normalized spacial score (nSPS) is 10.6. The van der Waals surface area contributed by atoms with E-state index in [1.807, 2.05) is 18.2 Å². The largest absolute Gasteiger partial charge is 0.496 e. The van der Waals surface area contributed by atoms with Crippen LogP contribution in [-0.4, -0.2) is 12.0 Å². The molecule has 0 aliphatic heterocycles. The Morgan fingerprint density at radius 2 is 1.84 bits per heavy atom. The van der Waals surface area contributed by atoms with Crippen LogP contribution in [0.1, 0.15) is 0 Å². The lowest BCUT2D eigenvalue weighted by atomic mass is 10.2. The van der Waals surface area contributed by atoms with Crippen molar-refractivity contribution >= 4 is 17.1 Å². The quantitative estimate of drug-likeness (QED) is 0.471. The van der Waals surface area contributed by atoms with Gasteiger partial charge in [0.25, 0.3) is 5.69 Å². The molecule has 96 valence electrons. The number of rotatable bonds is 4. The zero-order valence-electron chi connectivity index (χ0n) is 10.2. The van der Waals surface area contributed by atoms with Crippen LogP contribution in [0.15, 0.2) is 58.8 Å². The Hall–Kier alpha value is -2.76. The van der Waals surface area contributed by atoms with Crippen molar-refractivity contribution in [3.8, 4) is 5.75 Å². The van der Waals surface area contributed by atoms with Gasteiger partial charge >= 0.3 is 0 Å². The van der Waals surface area contributed by atoms with Gasteiger partial charge in [-0.1, -0.05) is 18.2 Å². The van der Waals surface area contributed by atoms with Crippen LogP contribution in [0.2, 0.25) is 0 Å². The molecule has 0 saturated heterocycles. The molecule has 0 bridgehead atoms. The van der Waals surface area contributed by atoms with Crippen LogP contribution in [0.25, 0.3) is 0 Å². The minimum absolute atomic E-state index is 0.140. The molecule has 2 aromatic rings. The van der Waals surface area contributed by atoms with Gasteiger partial charge in [-0.05, 0) is 24.3 Å². The summed E-state index contributed by atoms with van der Waals surface area (Å²) in [7, 11) is 1.45. The number of nitrogens with zero attached hydrogens (tertiary/aromatic N) is 3. The smallest absolute Gasteiger partial charge is 0.300 e. The lowest BCUT2D eigenvalue weighted by Gasteiger charge is -2.00. The summed E-state index contributed by atoms with van der Waals surface area (Å²) in [5, 5.41) is 18.8. The first-order valence-corrected chi connectivity index (χ1v) is 5.50. The van der Waals surface area contributed by atoms with Gasteiger partial charge in [-0.15, -0.1) is 5.11 Å². The molecule has 0 atom stereocenters.